The molecule has 28 heavy (non-hydrogen) atoms. The van der Waals surface area contributed by atoms with Crippen LogP contribution in [0.1, 0.15) is 22.8 Å². The quantitative estimate of drug-likeness (QED) is 0.707. The first-order valence-corrected chi connectivity index (χ1v) is 8.38. The molecule has 0 aliphatic carbocycles. The van der Waals surface area contributed by atoms with Crippen LogP contribution in [-0.4, -0.2) is 37.5 Å². The van der Waals surface area contributed by atoms with E-state index in [1.807, 2.05) is 6.07 Å². The van der Waals surface area contributed by atoms with Crippen molar-refractivity contribution >= 4 is 23.5 Å². The molecule has 2 aromatic rings. The van der Waals surface area contributed by atoms with Crippen molar-refractivity contribution in [1.82, 2.24) is 5.32 Å². The molecule has 144 valence electrons. The molecule has 8 nitrogen and oxygen atoms in total. The average molecular weight is 381 g/mol. The Labute approximate surface area is 162 Å². The monoisotopic (exact) mass is 381 g/mol. The van der Waals surface area contributed by atoms with E-state index in [1.54, 1.807) is 48.5 Å². The van der Waals surface area contributed by atoms with Crippen molar-refractivity contribution < 1.29 is 23.9 Å². The van der Waals surface area contributed by atoms with E-state index in [2.05, 4.69) is 10.6 Å². The molecule has 0 bridgehead atoms. The topological polar surface area (TPSA) is 118 Å². The zero-order valence-electron chi connectivity index (χ0n) is 15.4. The second-order valence-corrected chi connectivity index (χ2v) is 5.71. The summed E-state index contributed by atoms with van der Waals surface area (Å²) in [5.74, 6) is -1.05. The van der Waals surface area contributed by atoms with E-state index >= 15 is 0 Å². The Kier molecular flexibility index (Phi) is 7.11. The lowest BCUT2D eigenvalue weighted by atomic mass is 10.2. The fourth-order valence-electron chi connectivity index (χ4n) is 2.16. The van der Waals surface area contributed by atoms with Crippen molar-refractivity contribution in [3.63, 3.8) is 0 Å². The number of rotatable bonds is 7. The number of anilines is 1. The Morgan fingerprint density at radius 1 is 1.07 bits per heavy atom. The minimum atomic E-state index is -0.924. The van der Waals surface area contributed by atoms with Crippen molar-refractivity contribution in [2.45, 2.75) is 13.0 Å². The number of hydrogen-bond acceptors (Lipinski definition) is 6. The minimum absolute atomic E-state index is 0.233. The number of benzene rings is 2. The second-order valence-electron chi connectivity index (χ2n) is 5.71. The van der Waals surface area contributed by atoms with Gasteiger partial charge in [0.05, 0.1) is 11.6 Å². The predicted molar refractivity (Wildman–Crippen MR) is 101 cm³/mol. The normalized spacial score (nSPS) is 10.9. The summed E-state index contributed by atoms with van der Waals surface area (Å²) in [6.07, 6.45) is -0.924. The fraction of sp³-hybridized carbons (Fsp3) is 0.200. The van der Waals surface area contributed by atoms with Crippen LogP contribution in [0.25, 0.3) is 0 Å². The molecule has 0 unspecified atom stereocenters. The SMILES string of the molecule is CNC(=O)c1ccc(NC(=O)COC(=O)[C@@H](C)Oc2ccc(C#N)cc2)cc1. The second kappa shape index (κ2) is 9.73. The maximum atomic E-state index is 12.0. The molecule has 0 fully saturated rings. The molecule has 0 aliphatic heterocycles. The number of amides is 2. The standard InChI is InChI=1S/C20H19N3O5/c1-13(28-17-9-3-14(11-21)4-10-17)20(26)27-12-18(24)23-16-7-5-15(6-8-16)19(25)22-2/h3-10,13H,12H2,1-2H3,(H,22,25)(H,23,24)/t13-/m1/s1. The Morgan fingerprint density at radius 3 is 2.29 bits per heavy atom. The van der Waals surface area contributed by atoms with E-state index < -0.39 is 24.6 Å². The number of carbonyl (C=O) groups excluding carboxylic acids is 3. The molecule has 0 saturated heterocycles. The number of carbonyl (C=O) groups is 3. The summed E-state index contributed by atoms with van der Waals surface area (Å²) in [5, 5.41) is 13.8. The van der Waals surface area contributed by atoms with E-state index in [1.165, 1.54) is 14.0 Å². The van der Waals surface area contributed by atoms with E-state index in [0.717, 1.165) is 0 Å². The minimum Gasteiger partial charge on any atom is -0.479 e. The molecular weight excluding hydrogens is 362 g/mol. The predicted octanol–water partition coefficient (Wildman–Crippen LogP) is 1.87. The van der Waals surface area contributed by atoms with Crippen LogP contribution in [0.4, 0.5) is 5.69 Å². The van der Waals surface area contributed by atoms with E-state index in [4.69, 9.17) is 14.7 Å². The van der Waals surface area contributed by atoms with Crippen molar-refractivity contribution in [1.29, 1.82) is 5.26 Å². The van der Waals surface area contributed by atoms with Gasteiger partial charge in [0.15, 0.2) is 12.7 Å². The first-order chi connectivity index (χ1) is 13.4. The van der Waals surface area contributed by atoms with Crippen LogP contribution in [-0.2, 0) is 14.3 Å². The largest absolute Gasteiger partial charge is 0.479 e. The summed E-state index contributed by atoms with van der Waals surface area (Å²) in [7, 11) is 1.53. The van der Waals surface area contributed by atoms with Crippen LogP contribution < -0.4 is 15.4 Å². The first kappa shape index (κ1) is 20.5. The van der Waals surface area contributed by atoms with Crippen LogP contribution in [0.5, 0.6) is 5.75 Å². The molecule has 0 spiro atoms. The van der Waals surface area contributed by atoms with Crippen molar-refractivity contribution in [2.24, 2.45) is 0 Å². The third kappa shape index (κ3) is 5.85. The van der Waals surface area contributed by atoms with Gasteiger partial charge in [-0.15, -0.1) is 0 Å². The van der Waals surface area contributed by atoms with Crippen molar-refractivity contribution in [3.05, 3.63) is 59.7 Å². The highest BCUT2D eigenvalue weighted by Gasteiger charge is 2.18. The zero-order valence-corrected chi connectivity index (χ0v) is 15.4. The summed E-state index contributed by atoms with van der Waals surface area (Å²) < 4.78 is 10.4. The van der Waals surface area contributed by atoms with Gasteiger partial charge in [-0.3, -0.25) is 9.59 Å². The molecule has 2 aromatic carbocycles. The molecule has 2 amide bonds. The van der Waals surface area contributed by atoms with Gasteiger partial charge in [-0.25, -0.2) is 4.79 Å². The van der Waals surface area contributed by atoms with Crippen LogP contribution in [0.15, 0.2) is 48.5 Å². The Balaban J connectivity index is 1.80. The summed E-state index contributed by atoms with van der Waals surface area (Å²) in [6.45, 7) is 1.02. The van der Waals surface area contributed by atoms with Crippen LogP contribution in [0, 0.1) is 11.3 Å². The van der Waals surface area contributed by atoms with Gasteiger partial charge in [0, 0.05) is 18.3 Å². The molecule has 0 radical (unpaired) electrons. The number of ether oxygens (including phenoxy) is 2. The van der Waals surface area contributed by atoms with Gasteiger partial charge in [0.2, 0.25) is 0 Å². The van der Waals surface area contributed by atoms with Gasteiger partial charge in [-0.05, 0) is 55.5 Å². The van der Waals surface area contributed by atoms with Crippen LogP contribution in [0.3, 0.4) is 0 Å². The molecule has 2 rings (SSSR count). The fourth-order valence-corrected chi connectivity index (χ4v) is 2.16. The molecular formula is C20H19N3O5. The number of esters is 1. The van der Waals surface area contributed by atoms with Gasteiger partial charge in [-0.2, -0.15) is 5.26 Å². The van der Waals surface area contributed by atoms with Crippen molar-refractivity contribution in [3.8, 4) is 11.8 Å². The Morgan fingerprint density at radius 2 is 1.71 bits per heavy atom. The molecule has 0 aliphatic rings. The molecule has 8 heteroatoms. The van der Waals surface area contributed by atoms with Gasteiger partial charge in [-0.1, -0.05) is 0 Å². The third-order valence-corrected chi connectivity index (χ3v) is 3.63. The van der Waals surface area contributed by atoms with Gasteiger partial charge in [0.25, 0.3) is 11.8 Å². The molecule has 2 N–H and O–H groups in total. The molecule has 1 atom stereocenters. The lowest BCUT2D eigenvalue weighted by Gasteiger charge is -2.14. The molecule has 0 aromatic heterocycles. The third-order valence-electron chi connectivity index (χ3n) is 3.63. The summed E-state index contributed by atoms with van der Waals surface area (Å²) in [6, 6.07) is 14.5. The van der Waals surface area contributed by atoms with E-state index in [0.29, 0.717) is 22.6 Å². The Bertz CT molecular complexity index is 886. The first-order valence-electron chi connectivity index (χ1n) is 8.38. The lowest BCUT2D eigenvalue weighted by molar-refractivity contribution is -0.153. The smallest absolute Gasteiger partial charge is 0.347 e. The number of nitriles is 1. The summed E-state index contributed by atoms with van der Waals surface area (Å²) >= 11 is 0. The zero-order chi connectivity index (χ0) is 20.5. The number of nitrogens with one attached hydrogen (secondary N) is 2. The highest BCUT2D eigenvalue weighted by Crippen LogP contribution is 2.14. The summed E-state index contributed by atoms with van der Waals surface area (Å²) in [5.41, 5.74) is 1.40. The van der Waals surface area contributed by atoms with E-state index in [9.17, 15) is 14.4 Å². The summed E-state index contributed by atoms with van der Waals surface area (Å²) in [4.78, 5) is 35.3. The maximum Gasteiger partial charge on any atom is 0.347 e. The van der Waals surface area contributed by atoms with Gasteiger partial charge < -0.3 is 20.1 Å². The lowest BCUT2D eigenvalue weighted by Crippen LogP contribution is -2.29. The van der Waals surface area contributed by atoms with Gasteiger partial charge >= 0.3 is 5.97 Å². The van der Waals surface area contributed by atoms with Crippen molar-refractivity contribution in [2.75, 3.05) is 19.0 Å². The maximum absolute atomic E-state index is 12.0. The molecule has 0 saturated carbocycles. The average Bonchev–Trinajstić information content (AvgIpc) is 2.72. The number of nitrogens with zero attached hydrogens (tertiary/aromatic N) is 1. The molecule has 0 heterocycles. The Hall–Kier alpha value is -3.86. The van der Waals surface area contributed by atoms with Gasteiger partial charge in [0.1, 0.15) is 5.75 Å². The highest BCUT2D eigenvalue weighted by atomic mass is 16.6. The van der Waals surface area contributed by atoms with Crippen LogP contribution >= 0.6 is 0 Å². The number of hydrogen-bond donors (Lipinski definition) is 2. The van der Waals surface area contributed by atoms with E-state index in [-0.39, 0.29) is 5.91 Å². The van der Waals surface area contributed by atoms with Crippen LogP contribution in [0.2, 0.25) is 0 Å². The highest BCUT2D eigenvalue weighted by molar-refractivity contribution is 5.96.